The molecule has 0 radical (unpaired) electrons. The molecule has 8 heteroatoms. The van der Waals surface area contributed by atoms with Crippen LogP contribution in [0, 0.1) is 0 Å². The van der Waals surface area contributed by atoms with E-state index in [-0.39, 0.29) is 13.0 Å². The summed E-state index contributed by atoms with van der Waals surface area (Å²) in [4.78, 5) is 40.6. The molecule has 0 saturated heterocycles. The maximum absolute atomic E-state index is 12.6. The molecule has 0 fully saturated rings. The Bertz CT molecular complexity index is 1020. The number of amides is 2. The highest BCUT2D eigenvalue weighted by Gasteiger charge is 2.20. The molecule has 0 saturated carbocycles. The van der Waals surface area contributed by atoms with Crippen LogP contribution in [0.3, 0.4) is 0 Å². The summed E-state index contributed by atoms with van der Waals surface area (Å²) in [5, 5.41) is 0.695. The van der Waals surface area contributed by atoms with E-state index in [0.29, 0.717) is 16.6 Å². The minimum atomic E-state index is -0.611. The zero-order valence-electron chi connectivity index (χ0n) is 14.9. The molecule has 0 aliphatic heterocycles. The van der Waals surface area contributed by atoms with Crippen molar-refractivity contribution in [3.8, 4) is 0 Å². The van der Waals surface area contributed by atoms with Crippen molar-refractivity contribution in [2.24, 2.45) is 5.73 Å². The Morgan fingerprint density at radius 3 is 2.57 bits per heavy atom. The number of nitrogens with zero attached hydrogens (tertiary/aromatic N) is 1. The molecule has 0 spiro atoms. The molecular weight excluding hydrogens is 426 g/mol. The molecule has 2 amide bonds. The van der Waals surface area contributed by atoms with Crippen molar-refractivity contribution in [1.29, 1.82) is 0 Å². The van der Waals surface area contributed by atoms with Crippen molar-refractivity contribution >= 4 is 50.3 Å². The number of aromatic amines is 1. The largest absolute Gasteiger partial charge is 0.452 e. The van der Waals surface area contributed by atoms with Crippen LogP contribution in [-0.4, -0.2) is 35.9 Å². The highest BCUT2D eigenvalue weighted by Crippen LogP contribution is 2.23. The van der Waals surface area contributed by atoms with Crippen LogP contribution in [0.5, 0.6) is 0 Å². The SMILES string of the molecule is NC(=O)CCN(C(=O)COC(=O)c1c[nH]c2ccc(Br)cc12)c1ccccc1. The number of primary amides is 1. The van der Waals surface area contributed by atoms with Gasteiger partial charge >= 0.3 is 5.97 Å². The monoisotopic (exact) mass is 443 g/mol. The van der Waals surface area contributed by atoms with E-state index in [2.05, 4.69) is 20.9 Å². The summed E-state index contributed by atoms with van der Waals surface area (Å²) in [6.07, 6.45) is 1.55. The van der Waals surface area contributed by atoms with Gasteiger partial charge in [-0.05, 0) is 30.3 Å². The number of nitrogens with one attached hydrogen (secondary N) is 1. The Kier molecular flexibility index (Phi) is 6.10. The Hall–Kier alpha value is -3.13. The summed E-state index contributed by atoms with van der Waals surface area (Å²) in [6, 6.07) is 14.3. The van der Waals surface area contributed by atoms with E-state index >= 15 is 0 Å². The number of hydrogen-bond donors (Lipinski definition) is 2. The predicted molar refractivity (Wildman–Crippen MR) is 109 cm³/mol. The molecular formula is C20H18BrN3O4. The van der Waals surface area contributed by atoms with Crippen LogP contribution < -0.4 is 10.6 Å². The Labute approximate surface area is 169 Å². The van der Waals surface area contributed by atoms with Crippen molar-refractivity contribution in [3.63, 3.8) is 0 Å². The van der Waals surface area contributed by atoms with Gasteiger partial charge in [0, 0.05) is 40.2 Å². The molecule has 0 atom stereocenters. The van der Waals surface area contributed by atoms with Crippen molar-refractivity contribution < 1.29 is 19.1 Å². The molecule has 0 aliphatic carbocycles. The zero-order valence-corrected chi connectivity index (χ0v) is 16.4. The standard InChI is InChI=1S/C20H18BrN3O4/c21-13-6-7-17-15(10-13)16(11-23-17)20(27)28-12-19(26)24(9-8-18(22)25)14-4-2-1-3-5-14/h1-7,10-11,23H,8-9,12H2,(H2,22,25). The summed E-state index contributed by atoms with van der Waals surface area (Å²) in [7, 11) is 0. The molecule has 3 rings (SSSR count). The molecule has 7 nitrogen and oxygen atoms in total. The van der Waals surface area contributed by atoms with Crippen LogP contribution >= 0.6 is 15.9 Å². The maximum Gasteiger partial charge on any atom is 0.340 e. The summed E-state index contributed by atoms with van der Waals surface area (Å²) < 4.78 is 6.05. The van der Waals surface area contributed by atoms with Crippen LogP contribution in [0.2, 0.25) is 0 Å². The third-order valence-corrected chi connectivity index (χ3v) is 4.63. The van der Waals surface area contributed by atoms with Crippen molar-refractivity contribution in [1.82, 2.24) is 4.98 Å². The number of benzene rings is 2. The van der Waals surface area contributed by atoms with Gasteiger partial charge < -0.3 is 20.4 Å². The van der Waals surface area contributed by atoms with Gasteiger partial charge in [-0.25, -0.2) is 4.79 Å². The summed E-state index contributed by atoms with van der Waals surface area (Å²) >= 11 is 3.37. The average Bonchev–Trinajstić information content (AvgIpc) is 3.10. The topological polar surface area (TPSA) is 105 Å². The summed E-state index contributed by atoms with van der Waals surface area (Å²) in [5.74, 6) is -1.57. The lowest BCUT2D eigenvalue weighted by Crippen LogP contribution is -2.37. The second-order valence-corrected chi connectivity index (χ2v) is 6.98. The van der Waals surface area contributed by atoms with Crippen molar-refractivity contribution in [2.45, 2.75) is 6.42 Å². The van der Waals surface area contributed by atoms with Crippen molar-refractivity contribution in [2.75, 3.05) is 18.1 Å². The minimum Gasteiger partial charge on any atom is -0.452 e. The second kappa shape index (κ2) is 8.71. The lowest BCUT2D eigenvalue weighted by Gasteiger charge is -2.22. The fourth-order valence-corrected chi connectivity index (χ4v) is 3.13. The van der Waals surface area contributed by atoms with Gasteiger partial charge in [0.2, 0.25) is 5.91 Å². The van der Waals surface area contributed by atoms with Gasteiger partial charge in [-0.3, -0.25) is 9.59 Å². The number of carbonyl (C=O) groups is 3. The van der Waals surface area contributed by atoms with Gasteiger partial charge in [-0.1, -0.05) is 34.1 Å². The number of rotatable bonds is 7. The van der Waals surface area contributed by atoms with E-state index in [4.69, 9.17) is 10.5 Å². The quantitative estimate of drug-likeness (QED) is 0.547. The third-order valence-electron chi connectivity index (χ3n) is 4.14. The highest BCUT2D eigenvalue weighted by molar-refractivity contribution is 9.10. The normalized spacial score (nSPS) is 10.6. The number of para-hydroxylation sites is 1. The van der Waals surface area contributed by atoms with E-state index in [1.54, 1.807) is 36.5 Å². The van der Waals surface area contributed by atoms with Gasteiger partial charge in [0.25, 0.3) is 5.91 Å². The number of hydrogen-bond acceptors (Lipinski definition) is 4. The van der Waals surface area contributed by atoms with Gasteiger partial charge in [0.05, 0.1) is 5.56 Å². The lowest BCUT2D eigenvalue weighted by atomic mass is 10.2. The first-order valence-electron chi connectivity index (χ1n) is 8.53. The average molecular weight is 444 g/mol. The van der Waals surface area contributed by atoms with Gasteiger partial charge in [0.1, 0.15) is 0 Å². The number of halogens is 1. The highest BCUT2D eigenvalue weighted by atomic mass is 79.9. The van der Waals surface area contributed by atoms with Crippen LogP contribution in [0.1, 0.15) is 16.8 Å². The van der Waals surface area contributed by atoms with E-state index in [1.165, 1.54) is 4.90 Å². The molecule has 1 heterocycles. The van der Waals surface area contributed by atoms with Crippen LogP contribution in [0.15, 0.2) is 59.2 Å². The fourth-order valence-electron chi connectivity index (χ4n) is 2.77. The summed E-state index contributed by atoms with van der Waals surface area (Å²) in [5.41, 5.74) is 6.93. The molecule has 28 heavy (non-hydrogen) atoms. The molecule has 0 unspecified atom stereocenters. The van der Waals surface area contributed by atoms with Crippen LogP contribution in [-0.2, 0) is 14.3 Å². The fraction of sp³-hybridized carbons (Fsp3) is 0.150. The smallest absolute Gasteiger partial charge is 0.340 e. The Morgan fingerprint density at radius 2 is 1.86 bits per heavy atom. The Morgan fingerprint density at radius 1 is 1.11 bits per heavy atom. The number of anilines is 1. The molecule has 1 aromatic heterocycles. The maximum atomic E-state index is 12.6. The molecule has 3 N–H and O–H groups in total. The first-order chi connectivity index (χ1) is 13.5. The minimum absolute atomic E-state index is 0.00502. The number of nitrogens with two attached hydrogens (primary N) is 1. The first-order valence-corrected chi connectivity index (χ1v) is 9.32. The van der Waals surface area contributed by atoms with Crippen molar-refractivity contribution in [3.05, 3.63) is 64.8 Å². The van der Waals surface area contributed by atoms with Gasteiger partial charge in [-0.15, -0.1) is 0 Å². The van der Waals surface area contributed by atoms with E-state index in [1.807, 2.05) is 18.2 Å². The molecule has 0 aliphatic rings. The molecule has 2 aromatic carbocycles. The second-order valence-electron chi connectivity index (χ2n) is 6.07. The number of ether oxygens (including phenoxy) is 1. The number of aromatic nitrogens is 1. The molecule has 0 bridgehead atoms. The molecule has 144 valence electrons. The van der Waals surface area contributed by atoms with E-state index in [9.17, 15) is 14.4 Å². The summed E-state index contributed by atoms with van der Waals surface area (Å²) in [6.45, 7) is -0.344. The number of esters is 1. The first kappa shape index (κ1) is 19.6. The predicted octanol–water partition coefficient (Wildman–Crippen LogP) is 3.00. The van der Waals surface area contributed by atoms with Crippen LogP contribution in [0.25, 0.3) is 10.9 Å². The Balaban J connectivity index is 1.71. The zero-order chi connectivity index (χ0) is 20.1. The number of fused-ring (bicyclic) bond motifs is 1. The van der Waals surface area contributed by atoms with Gasteiger partial charge in [-0.2, -0.15) is 0 Å². The molecule has 3 aromatic rings. The van der Waals surface area contributed by atoms with E-state index in [0.717, 1.165) is 9.99 Å². The lowest BCUT2D eigenvalue weighted by molar-refractivity contribution is -0.121. The number of H-pyrrole nitrogens is 1. The number of carbonyl (C=O) groups excluding carboxylic acids is 3. The third kappa shape index (κ3) is 4.58. The van der Waals surface area contributed by atoms with Gasteiger partial charge in [0.15, 0.2) is 6.61 Å². The van der Waals surface area contributed by atoms with E-state index < -0.39 is 24.4 Å². The van der Waals surface area contributed by atoms with Crippen LogP contribution in [0.4, 0.5) is 5.69 Å².